The van der Waals surface area contributed by atoms with Gasteiger partial charge in [-0.25, -0.2) is 0 Å². The summed E-state index contributed by atoms with van der Waals surface area (Å²) in [6, 6.07) is -0.536. The van der Waals surface area contributed by atoms with Gasteiger partial charge in [-0.1, -0.05) is 12.2 Å². The van der Waals surface area contributed by atoms with E-state index in [0.717, 1.165) is 0 Å². The SMILES string of the molecule is Nc1nc2c(c(CN[C@H]3C=C[C@H](O)[C@@H]3O)cn2C2(O)COC(CO)C2O)c(=O)[nH]1. The van der Waals surface area contributed by atoms with E-state index in [0.29, 0.717) is 5.56 Å². The van der Waals surface area contributed by atoms with Gasteiger partial charge < -0.3 is 41.3 Å². The second kappa shape index (κ2) is 7.18. The van der Waals surface area contributed by atoms with Crippen molar-refractivity contribution in [3.63, 3.8) is 0 Å². The molecule has 1 aliphatic heterocycles. The number of nitrogens with two attached hydrogens (primary N) is 1. The number of hydrogen-bond acceptors (Lipinski definition) is 10. The molecular weight excluding hydrogens is 386 g/mol. The molecule has 6 atom stereocenters. The van der Waals surface area contributed by atoms with Gasteiger partial charge in [0.15, 0.2) is 11.4 Å². The lowest BCUT2D eigenvalue weighted by Gasteiger charge is -2.28. The maximum atomic E-state index is 12.5. The van der Waals surface area contributed by atoms with E-state index in [1.807, 2.05) is 0 Å². The molecule has 29 heavy (non-hydrogen) atoms. The van der Waals surface area contributed by atoms with Crippen molar-refractivity contribution < 1.29 is 30.3 Å². The number of aliphatic hydroxyl groups is 5. The molecule has 1 aliphatic carbocycles. The van der Waals surface area contributed by atoms with Crippen LogP contribution in [0.5, 0.6) is 0 Å². The number of aromatic nitrogens is 3. The van der Waals surface area contributed by atoms with Crippen molar-refractivity contribution in [3.05, 3.63) is 34.3 Å². The van der Waals surface area contributed by atoms with E-state index in [2.05, 4.69) is 15.3 Å². The largest absolute Gasteiger partial charge is 0.394 e. The summed E-state index contributed by atoms with van der Waals surface area (Å²) in [5.74, 6) is -0.172. The van der Waals surface area contributed by atoms with Gasteiger partial charge in [-0.15, -0.1) is 0 Å². The average Bonchev–Trinajstić information content (AvgIpc) is 3.30. The fourth-order valence-electron chi connectivity index (χ4n) is 3.81. The molecule has 0 bridgehead atoms. The van der Waals surface area contributed by atoms with Gasteiger partial charge in [-0.2, -0.15) is 4.98 Å². The van der Waals surface area contributed by atoms with Crippen molar-refractivity contribution in [2.45, 2.75) is 42.7 Å². The molecule has 12 nitrogen and oxygen atoms in total. The molecule has 158 valence electrons. The quantitative estimate of drug-likeness (QED) is 0.229. The molecule has 0 saturated carbocycles. The standard InChI is InChI=1S/C17H23N5O7/c18-16-20-14-11(15(27)21-16)7(3-19-8-1-2-9(24)12(8)25)4-22(14)17(28)6-29-10(5-23)13(17)26/h1-2,4,8-10,12-13,19,23-26,28H,3,5-6H2,(H3,18,20,21,27)/t8-,9-,10?,12+,13?,17?/m0/s1. The normalized spacial score (nSPS) is 34.4. The minimum Gasteiger partial charge on any atom is -0.394 e. The molecule has 9 N–H and O–H groups in total. The molecule has 4 rings (SSSR count). The van der Waals surface area contributed by atoms with Gasteiger partial charge in [-0.05, 0) is 5.56 Å². The number of H-pyrrole nitrogens is 1. The number of rotatable bonds is 5. The molecule has 0 spiro atoms. The minimum absolute atomic E-state index is 0.0364. The lowest BCUT2D eigenvalue weighted by molar-refractivity contribution is -0.109. The van der Waals surface area contributed by atoms with E-state index in [9.17, 15) is 30.3 Å². The maximum Gasteiger partial charge on any atom is 0.262 e. The lowest BCUT2D eigenvalue weighted by atomic mass is 10.1. The van der Waals surface area contributed by atoms with Crippen LogP contribution in [0.4, 0.5) is 5.95 Å². The minimum atomic E-state index is -1.97. The number of hydrogen-bond donors (Lipinski definition) is 8. The second-order valence-corrected chi connectivity index (χ2v) is 7.30. The third kappa shape index (κ3) is 3.14. The van der Waals surface area contributed by atoms with Crippen LogP contribution in [0, 0.1) is 0 Å². The molecule has 0 radical (unpaired) electrons. The number of nitrogens with one attached hydrogen (secondary N) is 2. The first-order chi connectivity index (χ1) is 13.8. The Morgan fingerprint density at radius 1 is 1.38 bits per heavy atom. The van der Waals surface area contributed by atoms with Crippen LogP contribution in [0.15, 0.2) is 23.1 Å². The fraction of sp³-hybridized carbons (Fsp3) is 0.529. The van der Waals surface area contributed by atoms with Gasteiger partial charge in [0.05, 0.1) is 30.7 Å². The van der Waals surface area contributed by atoms with E-state index in [1.165, 1.54) is 16.8 Å². The van der Waals surface area contributed by atoms with Crippen molar-refractivity contribution in [2.75, 3.05) is 18.9 Å². The molecule has 2 aliphatic rings. The van der Waals surface area contributed by atoms with Crippen LogP contribution in [0.2, 0.25) is 0 Å². The number of aliphatic hydroxyl groups excluding tert-OH is 4. The molecule has 3 unspecified atom stereocenters. The van der Waals surface area contributed by atoms with Crippen molar-refractivity contribution in [2.24, 2.45) is 0 Å². The van der Waals surface area contributed by atoms with Crippen LogP contribution in [0.25, 0.3) is 11.0 Å². The molecule has 2 aromatic heterocycles. The predicted molar refractivity (Wildman–Crippen MR) is 99.6 cm³/mol. The molecule has 12 heteroatoms. The van der Waals surface area contributed by atoms with Gasteiger partial charge in [0, 0.05) is 12.7 Å². The Morgan fingerprint density at radius 3 is 2.76 bits per heavy atom. The van der Waals surface area contributed by atoms with Crippen LogP contribution < -0.4 is 16.6 Å². The number of anilines is 1. The van der Waals surface area contributed by atoms with Crippen LogP contribution in [-0.2, 0) is 17.0 Å². The third-order valence-corrected chi connectivity index (χ3v) is 5.45. The van der Waals surface area contributed by atoms with E-state index in [4.69, 9.17) is 10.5 Å². The summed E-state index contributed by atoms with van der Waals surface area (Å²) in [6.07, 6.45) is 0.0240. The predicted octanol–water partition coefficient (Wildman–Crippen LogP) is -3.55. The molecule has 2 aromatic rings. The second-order valence-electron chi connectivity index (χ2n) is 7.30. The fourth-order valence-corrected chi connectivity index (χ4v) is 3.81. The molecular formula is C17H23N5O7. The summed E-state index contributed by atoms with van der Waals surface area (Å²) in [5.41, 5.74) is 3.60. The molecule has 3 heterocycles. The summed E-state index contributed by atoms with van der Waals surface area (Å²) >= 11 is 0. The molecule has 1 saturated heterocycles. The molecule has 0 aromatic carbocycles. The number of ether oxygens (including phenoxy) is 1. The Hall–Kier alpha value is -2.32. The van der Waals surface area contributed by atoms with Crippen LogP contribution >= 0.6 is 0 Å². The zero-order chi connectivity index (χ0) is 20.9. The highest BCUT2D eigenvalue weighted by Gasteiger charge is 2.50. The van der Waals surface area contributed by atoms with E-state index >= 15 is 0 Å². The van der Waals surface area contributed by atoms with Crippen molar-refractivity contribution in [1.82, 2.24) is 19.9 Å². The average molecular weight is 409 g/mol. The summed E-state index contributed by atoms with van der Waals surface area (Å²) in [4.78, 5) is 19.0. The van der Waals surface area contributed by atoms with Crippen LogP contribution in [-0.4, -0.2) is 83.7 Å². The Labute approximate surface area is 163 Å². The van der Waals surface area contributed by atoms with Crippen molar-refractivity contribution in [1.29, 1.82) is 0 Å². The number of fused-ring (bicyclic) bond motifs is 1. The third-order valence-electron chi connectivity index (χ3n) is 5.45. The lowest BCUT2D eigenvalue weighted by Crippen LogP contribution is -2.47. The zero-order valence-corrected chi connectivity index (χ0v) is 15.3. The van der Waals surface area contributed by atoms with Gasteiger partial charge in [0.2, 0.25) is 5.95 Å². The van der Waals surface area contributed by atoms with Crippen molar-refractivity contribution in [3.8, 4) is 0 Å². The Bertz CT molecular complexity index is 1000. The highest BCUT2D eigenvalue weighted by molar-refractivity contribution is 5.80. The summed E-state index contributed by atoms with van der Waals surface area (Å²) in [6.45, 7) is -0.740. The van der Waals surface area contributed by atoms with E-state index < -0.39 is 48.3 Å². The Balaban J connectivity index is 1.75. The van der Waals surface area contributed by atoms with Crippen molar-refractivity contribution >= 4 is 17.0 Å². The first-order valence-corrected chi connectivity index (χ1v) is 9.07. The Morgan fingerprint density at radius 2 is 2.14 bits per heavy atom. The smallest absolute Gasteiger partial charge is 0.262 e. The van der Waals surface area contributed by atoms with Crippen LogP contribution in [0.1, 0.15) is 5.56 Å². The van der Waals surface area contributed by atoms with E-state index in [-0.39, 0.29) is 30.1 Å². The number of nitrogen functional groups attached to an aromatic ring is 1. The summed E-state index contributed by atoms with van der Waals surface area (Å²) in [5, 5.41) is 53.6. The highest BCUT2D eigenvalue weighted by atomic mass is 16.5. The topological polar surface area (TPSA) is 199 Å². The monoisotopic (exact) mass is 409 g/mol. The number of nitrogens with zero attached hydrogens (tertiary/aromatic N) is 2. The summed E-state index contributed by atoms with van der Waals surface area (Å²) < 4.78 is 6.48. The first-order valence-electron chi connectivity index (χ1n) is 9.07. The number of aromatic amines is 1. The van der Waals surface area contributed by atoms with Gasteiger partial charge in [0.1, 0.15) is 18.3 Å². The maximum absolute atomic E-state index is 12.5. The molecule has 1 fully saturated rings. The Kier molecular flexibility index (Phi) is 4.94. The zero-order valence-electron chi connectivity index (χ0n) is 15.3. The first kappa shape index (κ1) is 20.0. The van der Waals surface area contributed by atoms with Gasteiger partial charge in [0.25, 0.3) is 5.56 Å². The van der Waals surface area contributed by atoms with Gasteiger partial charge in [-0.3, -0.25) is 14.3 Å². The van der Waals surface area contributed by atoms with Crippen LogP contribution in [0.3, 0.4) is 0 Å². The highest BCUT2D eigenvalue weighted by Crippen LogP contribution is 2.33. The van der Waals surface area contributed by atoms with E-state index in [1.54, 1.807) is 6.08 Å². The summed E-state index contributed by atoms with van der Waals surface area (Å²) in [7, 11) is 0. The van der Waals surface area contributed by atoms with Gasteiger partial charge >= 0.3 is 0 Å². The molecule has 0 amide bonds.